The van der Waals surface area contributed by atoms with E-state index in [1.807, 2.05) is 11.3 Å². The van der Waals surface area contributed by atoms with Crippen molar-refractivity contribution >= 4 is 70.2 Å². The summed E-state index contributed by atoms with van der Waals surface area (Å²) in [5, 5.41) is 6.25. The first-order chi connectivity index (χ1) is 29.3. The molecule has 0 saturated heterocycles. The standard InChI is InChI=1S/C56H36N2S/c1-4-16-38(17-5-1)55-45-34-35-52-54(44-22-10-15-27-51(44)59-52)53(45)43-33-30-39(36-48(43)57-55)37-28-31-42(32-29-37)58-49-25-13-11-23-46(49)56(40-18-6-2-7-19-40,41-20-8-3-9-21-41)47-24-12-14-26-50(47)58/h1-36H. The number of fused-ring (bicyclic) bond motifs is 9. The van der Waals surface area contributed by atoms with Crippen LogP contribution in [0.25, 0.3) is 64.2 Å². The fraction of sp³-hybridized carbons (Fsp3) is 0.0179. The maximum absolute atomic E-state index is 5.43. The van der Waals surface area contributed by atoms with Gasteiger partial charge in [-0.25, -0.2) is 4.98 Å². The number of anilines is 3. The monoisotopic (exact) mass is 768 g/mol. The second-order valence-corrected chi connectivity index (χ2v) is 16.5. The third-order valence-corrected chi connectivity index (χ3v) is 13.5. The number of hydrogen-bond acceptors (Lipinski definition) is 3. The first-order valence-corrected chi connectivity index (χ1v) is 21.0. The molecule has 1 aliphatic rings. The minimum absolute atomic E-state index is 0.492. The fourth-order valence-electron chi connectivity index (χ4n) is 9.80. The van der Waals surface area contributed by atoms with Crippen LogP contribution in [0.4, 0.5) is 17.1 Å². The van der Waals surface area contributed by atoms with Crippen molar-refractivity contribution in [3.8, 4) is 22.4 Å². The van der Waals surface area contributed by atoms with Gasteiger partial charge < -0.3 is 4.90 Å². The molecule has 276 valence electrons. The van der Waals surface area contributed by atoms with Crippen molar-refractivity contribution in [2.45, 2.75) is 5.41 Å². The van der Waals surface area contributed by atoms with Crippen molar-refractivity contribution in [3.63, 3.8) is 0 Å². The molecule has 0 radical (unpaired) electrons. The molecule has 0 unspecified atom stereocenters. The maximum atomic E-state index is 5.43. The van der Waals surface area contributed by atoms with Crippen molar-refractivity contribution in [1.82, 2.24) is 4.98 Å². The largest absolute Gasteiger partial charge is 0.310 e. The molecule has 3 heterocycles. The van der Waals surface area contributed by atoms with Crippen LogP contribution in [-0.2, 0) is 5.41 Å². The third-order valence-electron chi connectivity index (χ3n) is 12.3. The van der Waals surface area contributed by atoms with E-state index in [1.165, 1.54) is 70.0 Å². The predicted octanol–water partition coefficient (Wildman–Crippen LogP) is 15.3. The number of pyridine rings is 1. The highest BCUT2D eigenvalue weighted by Crippen LogP contribution is 2.57. The van der Waals surface area contributed by atoms with Crippen molar-refractivity contribution in [2.75, 3.05) is 4.90 Å². The molecule has 2 nitrogen and oxygen atoms in total. The second-order valence-electron chi connectivity index (χ2n) is 15.4. The van der Waals surface area contributed by atoms with E-state index >= 15 is 0 Å². The van der Waals surface area contributed by atoms with Crippen molar-refractivity contribution < 1.29 is 0 Å². The molecule has 0 atom stereocenters. The normalized spacial score (nSPS) is 13.2. The summed E-state index contributed by atoms with van der Waals surface area (Å²) in [7, 11) is 0. The number of nitrogens with zero attached hydrogens (tertiary/aromatic N) is 2. The summed E-state index contributed by atoms with van der Waals surface area (Å²) >= 11 is 1.86. The zero-order valence-electron chi connectivity index (χ0n) is 32.1. The molecule has 0 bridgehead atoms. The number of para-hydroxylation sites is 2. The van der Waals surface area contributed by atoms with Crippen LogP contribution in [-0.4, -0.2) is 4.98 Å². The van der Waals surface area contributed by atoms with E-state index in [2.05, 4.69) is 223 Å². The average molecular weight is 769 g/mol. The van der Waals surface area contributed by atoms with Crippen LogP contribution in [0.15, 0.2) is 218 Å². The van der Waals surface area contributed by atoms with Gasteiger partial charge >= 0.3 is 0 Å². The van der Waals surface area contributed by atoms with Gasteiger partial charge in [0.15, 0.2) is 0 Å². The Kier molecular flexibility index (Phi) is 7.66. The van der Waals surface area contributed by atoms with Crippen LogP contribution in [0.5, 0.6) is 0 Å². The van der Waals surface area contributed by atoms with Crippen molar-refractivity contribution in [1.29, 1.82) is 0 Å². The molecule has 11 aromatic rings. The van der Waals surface area contributed by atoms with Gasteiger partial charge in [-0.05, 0) is 75.8 Å². The topological polar surface area (TPSA) is 16.1 Å². The van der Waals surface area contributed by atoms with Gasteiger partial charge in [0.05, 0.1) is 28.0 Å². The van der Waals surface area contributed by atoms with Gasteiger partial charge in [-0.15, -0.1) is 11.3 Å². The fourth-order valence-corrected chi connectivity index (χ4v) is 10.9. The summed E-state index contributed by atoms with van der Waals surface area (Å²) in [4.78, 5) is 7.87. The molecule has 12 rings (SSSR count). The Hall–Kier alpha value is -7.33. The van der Waals surface area contributed by atoms with E-state index in [1.54, 1.807) is 0 Å². The lowest BCUT2D eigenvalue weighted by molar-refractivity contribution is 0.731. The highest BCUT2D eigenvalue weighted by Gasteiger charge is 2.46. The summed E-state index contributed by atoms with van der Waals surface area (Å²) in [6.45, 7) is 0. The molecule has 3 heteroatoms. The summed E-state index contributed by atoms with van der Waals surface area (Å²) < 4.78 is 2.61. The van der Waals surface area contributed by atoms with Crippen LogP contribution >= 0.6 is 11.3 Å². The quantitative estimate of drug-likeness (QED) is 0.162. The summed E-state index contributed by atoms with van der Waals surface area (Å²) in [5.41, 5.74) is 13.4. The summed E-state index contributed by atoms with van der Waals surface area (Å²) in [6.07, 6.45) is 0. The number of hydrogen-bond donors (Lipinski definition) is 0. The Morgan fingerprint density at radius 2 is 0.949 bits per heavy atom. The predicted molar refractivity (Wildman–Crippen MR) is 250 cm³/mol. The van der Waals surface area contributed by atoms with E-state index in [0.29, 0.717) is 0 Å². The smallest absolute Gasteiger partial charge is 0.0788 e. The number of aromatic nitrogens is 1. The molecule has 0 saturated carbocycles. The highest BCUT2D eigenvalue weighted by atomic mass is 32.1. The van der Waals surface area contributed by atoms with Gasteiger partial charge in [0.1, 0.15) is 0 Å². The number of thiophene rings is 1. The summed E-state index contributed by atoms with van der Waals surface area (Å²) in [5.74, 6) is 0. The Labute approximate surface area is 346 Å². The van der Waals surface area contributed by atoms with Crippen LogP contribution in [0.1, 0.15) is 22.3 Å². The molecule has 1 aliphatic heterocycles. The zero-order chi connectivity index (χ0) is 38.9. The van der Waals surface area contributed by atoms with Crippen LogP contribution in [0.2, 0.25) is 0 Å². The van der Waals surface area contributed by atoms with Gasteiger partial charge in [0.2, 0.25) is 0 Å². The lowest BCUT2D eigenvalue weighted by Crippen LogP contribution is -2.37. The van der Waals surface area contributed by atoms with E-state index < -0.39 is 5.41 Å². The van der Waals surface area contributed by atoms with Gasteiger partial charge in [-0.1, -0.05) is 176 Å². The molecule has 0 aliphatic carbocycles. The SMILES string of the molecule is c1ccc(-c2nc3cc(-c4ccc(N5c6ccccc6C(c6ccccc6)(c6ccccc6)c6ccccc65)cc4)ccc3c3c2ccc2sc4ccccc4c23)cc1. The molecular weight excluding hydrogens is 733 g/mol. The minimum atomic E-state index is -0.492. The number of rotatable bonds is 5. The van der Waals surface area contributed by atoms with E-state index in [0.717, 1.165) is 33.6 Å². The minimum Gasteiger partial charge on any atom is -0.310 e. The molecule has 0 N–H and O–H groups in total. The third kappa shape index (κ3) is 5.08. The van der Waals surface area contributed by atoms with Crippen molar-refractivity contribution in [2.24, 2.45) is 0 Å². The molecule has 59 heavy (non-hydrogen) atoms. The first kappa shape index (κ1) is 33.8. The van der Waals surface area contributed by atoms with E-state index in [9.17, 15) is 0 Å². The average Bonchev–Trinajstić information content (AvgIpc) is 3.70. The number of benzene rings is 9. The Balaban J connectivity index is 1.02. The molecule has 9 aromatic carbocycles. The zero-order valence-corrected chi connectivity index (χ0v) is 32.9. The van der Waals surface area contributed by atoms with Crippen LogP contribution < -0.4 is 4.90 Å². The molecular formula is C56H36N2S. The Morgan fingerprint density at radius 3 is 1.63 bits per heavy atom. The van der Waals surface area contributed by atoms with Crippen LogP contribution in [0, 0.1) is 0 Å². The Morgan fingerprint density at radius 1 is 0.390 bits per heavy atom. The maximum Gasteiger partial charge on any atom is 0.0788 e. The molecule has 0 spiro atoms. The molecule has 0 amide bonds. The van der Waals surface area contributed by atoms with Gasteiger partial charge in [-0.2, -0.15) is 0 Å². The first-order valence-electron chi connectivity index (χ1n) is 20.2. The highest BCUT2D eigenvalue weighted by molar-refractivity contribution is 7.26. The summed E-state index contributed by atoms with van der Waals surface area (Å²) in [6, 6.07) is 79.7. The second kappa shape index (κ2) is 13.4. The van der Waals surface area contributed by atoms with Gasteiger partial charge in [0, 0.05) is 47.6 Å². The lowest BCUT2D eigenvalue weighted by atomic mass is 9.62. The Bertz CT molecular complexity index is 3280. The molecule has 0 fully saturated rings. The van der Waals surface area contributed by atoms with E-state index in [4.69, 9.17) is 4.98 Å². The van der Waals surface area contributed by atoms with E-state index in [-0.39, 0.29) is 0 Å². The lowest BCUT2D eigenvalue weighted by Gasteiger charge is -2.46. The van der Waals surface area contributed by atoms with Gasteiger partial charge in [0.25, 0.3) is 0 Å². The molecule has 2 aromatic heterocycles. The van der Waals surface area contributed by atoms with Gasteiger partial charge in [-0.3, -0.25) is 0 Å². The van der Waals surface area contributed by atoms with Crippen molar-refractivity contribution in [3.05, 3.63) is 241 Å². The van der Waals surface area contributed by atoms with Crippen LogP contribution in [0.3, 0.4) is 0 Å².